The van der Waals surface area contributed by atoms with Gasteiger partial charge in [0.05, 0.1) is 15.9 Å². The lowest BCUT2D eigenvalue weighted by Crippen LogP contribution is -1.95. The van der Waals surface area contributed by atoms with Gasteiger partial charge in [-0.3, -0.25) is 0 Å². The van der Waals surface area contributed by atoms with E-state index in [9.17, 15) is 0 Å². The molecule has 0 amide bonds. The molecule has 0 aliphatic heterocycles. The topological polar surface area (TPSA) is 25.8 Å². The standard InChI is InChI=1S/C11H7BrCl2N2/c12-6-3-4-7-8(9(6)13)10(14)16-11(15-7)5-1-2-5/h3-5H,1-2H2. The number of fused-ring (bicyclic) bond motifs is 1. The first kappa shape index (κ1) is 10.8. The monoisotopic (exact) mass is 316 g/mol. The van der Waals surface area contributed by atoms with E-state index in [1.54, 1.807) is 0 Å². The van der Waals surface area contributed by atoms with Crippen LogP contribution in [0.2, 0.25) is 10.2 Å². The van der Waals surface area contributed by atoms with Gasteiger partial charge in [0, 0.05) is 10.4 Å². The van der Waals surface area contributed by atoms with Crippen molar-refractivity contribution in [3.8, 4) is 0 Å². The lowest BCUT2D eigenvalue weighted by atomic mass is 10.2. The van der Waals surface area contributed by atoms with Crippen LogP contribution < -0.4 is 0 Å². The van der Waals surface area contributed by atoms with Crippen LogP contribution in [-0.4, -0.2) is 9.97 Å². The molecule has 0 N–H and O–H groups in total. The highest BCUT2D eigenvalue weighted by atomic mass is 79.9. The summed E-state index contributed by atoms with van der Waals surface area (Å²) in [6.45, 7) is 0. The van der Waals surface area contributed by atoms with Crippen molar-refractivity contribution in [2.75, 3.05) is 0 Å². The molecule has 0 atom stereocenters. The Hall–Kier alpha value is -0.380. The van der Waals surface area contributed by atoms with E-state index in [0.29, 0.717) is 16.1 Å². The van der Waals surface area contributed by atoms with E-state index in [1.807, 2.05) is 12.1 Å². The van der Waals surface area contributed by atoms with Crippen molar-refractivity contribution >= 4 is 50.0 Å². The summed E-state index contributed by atoms with van der Waals surface area (Å²) in [6.07, 6.45) is 2.32. The Labute approximate surface area is 111 Å². The van der Waals surface area contributed by atoms with E-state index in [-0.39, 0.29) is 0 Å². The molecule has 1 saturated carbocycles. The fourth-order valence-electron chi connectivity index (χ4n) is 1.66. The molecule has 0 saturated heterocycles. The largest absolute Gasteiger partial charge is 0.232 e. The molecular formula is C11H7BrCl2N2. The van der Waals surface area contributed by atoms with Gasteiger partial charge in [-0.15, -0.1) is 0 Å². The molecule has 0 bridgehead atoms. The summed E-state index contributed by atoms with van der Waals surface area (Å²) in [4.78, 5) is 8.81. The second-order valence-corrected chi connectivity index (χ2v) is 5.49. The fraction of sp³-hybridized carbons (Fsp3) is 0.273. The average Bonchev–Trinajstić information content (AvgIpc) is 3.06. The van der Waals surface area contributed by atoms with Crippen LogP contribution in [0.1, 0.15) is 24.6 Å². The normalized spacial score (nSPS) is 15.7. The Morgan fingerprint density at radius 1 is 1.19 bits per heavy atom. The quantitative estimate of drug-likeness (QED) is 0.720. The first-order valence-electron chi connectivity index (χ1n) is 4.98. The number of benzene rings is 1. The van der Waals surface area contributed by atoms with Crippen LogP contribution in [-0.2, 0) is 0 Å². The third kappa shape index (κ3) is 1.71. The molecule has 1 aliphatic rings. The zero-order valence-corrected chi connectivity index (χ0v) is 11.3. The van der Waals surface area contributed by atoms with Crippen molar-refractivity contribution in [2.24, 2.45) is 0 Å². The highest BCUT2D eigenvalue weighted by Crippen LogP contribution is 2.41. The van der Waals surface area contributed by atoms with E-state index in [2.05, 4.69) is 25.9 Å². The molecule has 2 aromatic rings. The van der Waals surface area contributed by atoms with Crippen molar-refractivity contribution in [1.82, 2.24) is 9.97 Å². The number of hydrogen-bond acceptors (Lipinski definition) is 2. The maximum absolute atomic E-state index is 6.17. The number of halogens is 3. The summed E-state index contributed by atoms with van der Waals surface area (Å²) >= 11 is 15.7. The SMILES string of the molecule is Clc1nc(C2CC2)nc2ccc(Br)c(Cl)c12. The van der Waals surface area contributed by atoms with Crippen LogP contribution in [0, 0.1) is 0 Å². The summed E-state index contributed by atoms with van der Waals surface area (Å²) in [5.41, 5.74) is 0.815. The zero-order chi connectivity index (χ0) is 11.3. The molecule has 3 rings (SSSR count). The van der Waals surface area contributed by atoms with E-state index in [0.717, 1.165) is 34.0 Å². The number of hydrogen-bond donors (Lipinski definition) is 0. The van der Waals surface area contributed by atoms with Gasteiger partial charge in [0.15, 0.2) is 0 Å². The van der Waals surface area contributed by atoms with E-state index >= 15 is 0 Å². The molecule has 0 spiro atoms. The van der Waals surface area contributed by atoms with Crippen molar-refractivity contribution in [2.45, 2.75) is 18.8 Å². The van der Waals surface area contributed by atoms with Gasteiger partial charge in [-0.1, -0.05) is 23.2 Å². The Balaban J connectivity index is 2.32. The molecule has 1 aliphatic carbocycles. The summed E-state index contributed by atoms with van der Waals surface area (Å²) in [6, 6.07) is 3.79. The van der Waals surface area contributed by atoms with Crippen molar-refractivity contribution in [3.05, 3.63) is 32.6 Å². The molecule has 0 radical (unpaired) electrons. The van der Waals surface area contributed by atoms with Gasteiger partial charge >= 0.3 is 0 Å². The average molecular weight is 318 g/mol. The Bertz CT molecular complexity index is 582. The predicted octanol–water partition coefficient (Wildman–Crippen LogP) is 4.58. The van der Waals surface area contributed by atoms with Crippen LogP contribution >= 0.6 is 39.1 Å². The first-order valence-corrected chi connectivity index (χ1v) is 6.53. The molecule has 1 fully saturated rings. The molecule has 1 heterocycles. The fourth-order valence-corrected chi connectivity index (χ4v) is 2.56. The molecule has 1 aromatic carbocycles. The van der Waals surface area contributed by atoms with Crippen LogP contribution in [0.15, 0.2) is 16.6 Å². The van der Waals surface area contributed by atoms with Crippen LogP contribution in [0.5, 0.6) is 0 Å². The van der Waals surface area contributed by atoms with E-state index < -0.39 is 0 Å². The molecule has 5 heteroatoms. The third-order valence-corrected chi connectivity index (χ3v) is 4.22. The molecule has 2 nitrogen and oxygen atoms in total. The highest BCUT2D eigenvalue weighted by Gasteiger charge is 2.27. The number of rotatable bonds is 1. The van der Waals surface area contributed by atoms with Gasteiger partial charge in [-0.2, -0.15) is 0 Å². The van der Waals surface area contributed by atoms with Gasteiger partial charge in [-0.05, 0) is 40.9 Å². The summed E-state index contributed by atoms with van der Waals surface area (Å²) < 4.78 is 0.811. The molecule has 0 unspecified atom stereocenters. The lowest BCUT2D eigenvalue weighted by Gasteiger charge is -2.06. The first-order chi connectivity index (χ1) is 7.66. The van der Waals surface area contributed by atoms with Crippen molar-refractivity contribution in [1.29, 1.82) is 0 Å². The minimum Gasteiger partial charge on any atom is -0.232 e. The second-order valence-electron chi connectivity index (χ2n) is 3.90. The zero-order valence-electron chi connectivity index (χ0n) is 8.17. The maximum Gasteiger partial charge on any atom is 0.142 e. The van der Waals surface area contributed by atoms with Gasteiger partial charge < -0.3 is 0 Å². The lowest BCUT2D eigenvalue weighted by molar-refractivity contribution is 0.948. The van der Waals surface area contributed by atoms with Gasteiger partial charge in [0.25, 0.3) is 0 Å². The summed E-state index contributed by atoms with van der Waals surface area (Å²) in [7, 11) is 0. The number of aromatic nitrogens is 2. The highest BCUT2D eigenvalue weighted by molar-refractivity contribution is 9.10. The minimum atomic E-state index is 0.443. The van der Waals surface area contributed by atoms with E-state index in [4.69, 9.17) is 23.2 Å². The third-order valence-electron chi connectivity index (χ3n) is 2.67. The minimum absolute atomic E-state index is 0.443. The molecule has 16 heavy (non-hydrogen) atoms. The van der Waals surface area contributed by atoms with Crippen molar-refractivity contribution < 1.29 is 0 Å². The smallest absolute Gasteiger partial charge is 0.142 e. The van der Waals surface area contributed by atoms with E-state index in [1.165, 1.54) is 0 Å². The molecule has 1 aromatic heterocycles. The number of nitrogens with zero attached hydrogens (tertiary/aromatic N) is 2. The van der Waals surface area contributed by atoms with Gasteiger partial charge in [-0.25, -0.2) is 9.97 Å². The van der Waals surface area contributed by atoms with Crippen LogP contribution in [0.4, 0.5) is 0 Å². The molecule has 82 valence electrons. The van der Waals surface area contributed by atoms with Crippen LogP contribution in [0.25, 0.3) is 10.9 Å². The summed E-state index contributed by atoms with van der Waals surface area (Å²) in [5.74, 6) is 1.33. The Kier molecular flexibility index (Phi) is 2.57. The van der Waals surface area contributed by atoms with Crippen molar-refractivity contribution in [3.63, 3.8) is 0 Å². The Morgan fingerprint density at radius 3 is 2.62 bits per heavy atom. The van der Waals surface area contributed by atoms with Gasteiger partial charge in [0.2, 0.25) is 0 Å². The second kappa shape index (κ2) is 3.83. The Morgan fingerprint density at radius 2 is 1.94 bits per heavy atom. The maximum atomic E-state index is 6.17. The molecular weight excluding hydrogens is 311 g/mol. The van der Waals surface area contributed by atoms with Gasteiger partial charge in [0.1, 0.15) is 11.0 Å². The summed E-state index contributed by atoms with van der Waals surface area (Å²) in [5, 5.41) is 1.74. The predicted molar refractivity (Wildman–Crippen MR) is 69.2 cm³/mol. The van der Waals surface area contributed by atoms with Crippen LogP contribution in [0.3, 0.4) is 0 Å².